The Kier molecular flexibility index (Phi) is 4.25. The molecule has 0 amide bonds. The minimum atomic E-state index is 0.0680. The number of nitrogens with zero attached hydrogens (tertiary/aromatic N) is 1. The summed E-state index contributed by atoms with van der Waals surface area (Å²) in [4.78, 5) is 2.57. The molecule has 2 aliphatic carbocycles. The molecule has 2 heterocycles. The molecule has 4 aliphatic rings. The van der Waals surface area contributed by atoms with Crippen LogP contribution in [0.1, 0.15) is 58.8 Å². The van der Waals surface area contributed by atoms with Crippen molar-refractivity contribution in [1.82, 2.24) is 4.90 Å². The van der Waals surface area contributed by atoms with Crippen LogP contribution in [0.5, 0.6) is 0 Å². The highest BCUT2D eigenvalue weighted by molar-refractivity contribution is 5.02. The van der Waals surface area contributed by atoms with Crippen molar-refractivity contribution in [2.45, 2.75) is 71.2 Å². The van der Waals surface area contributed by atoms with E-state index in [0.717, 1.165) is 37.3 Å². The SMILES string of the molecule is CC1(C)[C@@H]2CC[C@@H](C2)[C@@H]1C[C@H]1OC[C@H](CN2CCCCC2)O1. The molecule has 3 heteroatoms. The molecule has 2 bridgehead atoms. The second kappa shape index (κ2) is 6.07. The summed E-state index contributed by atoms with van der Waals surface area (Å²) in [5.41, 5.74) is 0.501. The van der Waals surface area contributed by atoms with Crippen LogP contribution in [0, 0.1) is 23.2 Å². The number of hydrogen-bond donors (Lipinski definition) is 0. The largest absolute Gasteiger partial charge is 0.350 e. The minimum absolute atomic E-state index is 0.0680. The van der Waals surface area contributed by atoms with Gasteiger partial charge in [-0.25, -0.2) is 0 Å². The predicted octanol–water partition coefficient (Wildman–Crippen LogP) is 3.68. The third kappa shape index (κ3) is 2.85. The van der Waals surface area contributed by atoms with E-state index < -0.39 is 0 Å². The van der Waals surface area contributed by atoms with Gasteiger partial charge in [-0.3, -0.25) is 0 Å². The van der Waals surface area contributed by atoms with Crippen molar-refractivity contribution in [1.29, 1.82) is 0 Å². The highest BCUT2D eigenvalue weighted by Gasteiger charge is 2.53. The van der Waals surface area contributed by atoms with E-state index in [-0.39, 0.29) is 6.29 Å². The molecular weight excluding hydrogens is 274 g/mol. The van der Waals surface area contributed by atoms with Crippen molar-refractivity contribution >= 4 is 0 Å². The first-order valence-corrected chi connectivity index (χ1v) is 9.62. The van der Waals surface area contributed by atoms with E-state index >= 15 is 0 Å². The fourth-order valence-electron chi connectivity index (χ4n) is 5.83. The Morgan fingerprint density at radius 2 is 1.91 bits per heavy atom. The zero-order valence-electron chi connectivity index (χ0n) is 14.4. The fourth-order valence-corrected chi connectivity index (χ4v) is 5.83. The molecule has 0 aromatic heterocycles. The summed E-state index contributed by atoms with van der Waals surface area (Å²) in [7, 11) is 0. The van der Waals surface area contributed by atoms with Crippen LogP contribution in [0.15, 0.2) is 0 Å². The quantitative estimate of drug-likeness (QED) is 0.791. The topological polar surface area (TPSA) is 21.7 Å². The lowest BCUT2D eigenvalue weighted by Crippen LogP contribution is -2.38. The van der Waals surface area contributed by atoms with E-state index in [9.17, 15) is 0 Å². The van der Waals surface area contributed by atoms with Gasteiger partial charge < -0.3 is 14.4 Å². The van der Waals surface area contributed by atoms with Gasteiger partial charge in [-0.2, -0.15) is 0 Å². The lowest BCUT2D eigenvalue weighted by molar-refractivity contribution is -0.0909. The van der Waals surface area contributed by atoms with Crippen LogP contribution in [0.4, 0.5) is 0 Å². The molecule has 0 spiro atoms. The van der Waals surface area contributed by atoms with E-state index in [0.29, 0.717) is 11.5 Å². The maximum Gasteiger partial charge on any atom is 0.158 e. The Bertz CT molecular complexity index is 391. The minimum Gasteiger partial charge on any atom is -0.350 e. The van der Waals surface area contributed by atoms with Crippen molar-refractivity contribution in [3.05, 3.63) is 0 Å². The molecule has 2 aliphatic heterocycles. The van der Waals surface area contributed by atoms with Crippen molar-refractivity contribution in [3.63, 3.8) is 0 Å². The van der Waals surface area contributed by atoms with Gasteiger partial charge in [-0.15, -0.1) is 0 Å². The average molecular weight is 307 g/mol. The number of rotatable bonds is 4. The second-order valence-corrected chi connectivity index (χ2v) is 8.82. The molecule has 22 heavy (non-hydrogen) atoms. The zero-order chi connectivity index (χ0) is 15.2. The molecule has 4 fully saturated rings. The summed E-state index contributed by atoms with van der Waals surface area (Å²) in [6, 6.07) is 0. The molecule has 0 aromatic carbocycles. The van der Waals surface area contributed by atoms with Gasteiger partial charge in [0.2, 0.25) is 0 Å². The van der Waals surface area contributed by atoms with Gasteiger partial charge >= 0.3 is 0 Å². The molecule has 2 saturated heterocycles. The standard InChI is InChI=1S/C19H33NO2/c1-19(2)15-7-6-14(10-15)17(19)11-18-21-13-16(22-18)12-20-8-4-3-5-9-20/h14-18H,3-13H2,1-2H3/t14-,15+,16-,17-,18-/m0/s1. The number of likely N-dealkylation sites (tertiary alicyclic amines) is 1. The first kappa shape index (κ1) is 15.4. The Balaban J connectivity index is 1.28. The summed E-state index contributed by atoms with van der Waals surface area (Å²) in [5, 5.41) is 0. The maximum atomic E-state index is 6.26. The van der Waals surface area contributed by atoms with Crippen molar-refractivity contribution < 1.29 is 9.47 Å². The van der Waals surface area contributed by atoms with E-state index in [1.54, 1.807) is 0 Å². The Morgan fingerprint density at radius 1 is 1.09 bits per heavy atom. The van der Waals surface area contributed by atoms with Crippen LogP contribution in [0.25, 0.3) is 0 Å². The normalized spacial score (nSPS) is 44.7. The monoisotopic (exact) mass is 307 g/mol. The molecule has 0 unspecified atom stereocenters. The fraction of sp³-hybridized carbons (Fsp3) is 1.00. The predicted molar refractivity (Wildman–Crippen MR) is 87.6 cm³/mol. The highest BCUT2D eigenvalue weighted by atomic mass is 16.7. The number of hydrogen-bond acceptors (Lipinski definition) is 3. The van der Waals surface area contributed by atoms with E-state index in [2.05, 4.69) is 18.7 Å². The first-order chi connectivity index (χ1) is 10.6. The van der Waals surface area contributed by atoms with E-state index in [4.69, 9.17) is 9.47 Å². The van der Waals surface area contributed by atoms with Gasteiger partial charge in [0.25, 0.3) is 0 Å². The van der Waals surface area contributed by atoms with Crippen LogP contribution in [0.2, 0.25) is 0 Å². The number of ether oxygens (including phenoxy) is 2. The van der Waals surface area contributed by atoms with Gasteiger partial charge in [0.05, 0.1) is 12.7 Å². The van der Waals surface area contributed by atoms with Crippen LogP contribution in [-0.2, 0) is 9.47 Å². The van der Waals surface area contributed by atoms with Crippen LogP contribution < -0.4 is 0 Å². The van der Waals surface area contributed by atoms with Gasteiger partial charge in [0.1, 0.15) is 0 Å². The molecule has 4 rings (SSSR count). The third-order valence-electron chi connectivity index (χ3n) is 7.22. The van der Waals surface area contributed by atoms with Crippen molar-refractivity contribution in [2.24, 2.45) is 23.2 Å². The number of fused-ring (bicyclic) bond motifs is 2. The summed E-state index contributed by atoms with van der Waals surface area (Å²) in [5.74, 6) is 2.70. The molecule has 2 saturated carbocycles. The van der Waals surface area contributed by atoms with Crippen molar-refractivity contribution in [2.75, 3.05) is 26.2 Å². The Hall–Kier alpha value is -0.120. The lowest BCUT2D eigenvalue weighted by Gasteiger charge is -2.39. The second-order valence-electron chi connectivity index (χ2n) is 8.82. The summed E-state index contributed by atoms with van der Waals surface area (Å²) in [6.45, 7) is 9.37. The van der Waals surface area contributed by atoms with Gasteiger partial charge in [0, 0.05) is 13.0 Å². The molecule has 126 valence electrons. The summed E-state index contributed by atoms with van der Waals surface area (Å²) < 4.78 is 12.3. The molecule has 0 N–H and O–H groups in total. The van der Waals surface area contributed by atoms with E-state index in [1.165, 1.54) is 51.6 Å². The van der Waals surface area contributed by atoms with Crippen molar-refractivity contribution in [3.8, 4) is 0 Å². The third-order valence-corrected chi connectivity index (χ3v) is 7.22. The average Bonchev–Trinajstić information content (AvgIpc) is 3.19. The molecule has 3 nitrogen and oxygen atoms in total. The zero-order valence-corrected chi connectivity index (χ0v) is 14.4. The summed E-state index contributed by atoms with van der Waals surface area (Å²) in [6.07, 6.45) is 9.99. The molecule has 5 atom stereocenters. The van der Waals surface area contributed by atoms with Crippen LogP contribution >= 0.6 is 0 Å². The molecular formula is C19H33NO2. The van der Waals surface area contributed by atoms with Gasteiger partial charge in [-0.1, -0.05) is 20.3 Å². The Morgan fingerprint density at radius 3 is 2.64 bits per heavy atom. The van der Waals surface area contributed by atoms with E-state index in [1.807, 2.05) is 0 Å². The van der Waals surface area contributed by atoms with Gasteiger partial charge in [0.15, 0.2) is 6.29 Å². The maximum absolute atomic E-state index is 6.26. The smallest absolute Gasteiger partial charge is 0.158 e. The first-order valence-electron chi connectivity index (χ1n) is 9.62. The van der Waals surface area contributed by atoms with Gasteiger partial charge in [-0.05, 0) is 68.4 Å². The molecule has 0 aromatic rings. The van der Waals surface area contributed by atoms with Crippen LogP contribution in [-0.4, -0.2) is 43.5 Å². The molecule has 0 radical (unpaired) electrons. The van der Waals surface area contributed by atoms with Crippen LogP contribution in [0.3, 0.4) is 0 Å². The lowest BCUT2D eigenvalue weighted by atomic mass is 9.67. The Labute approximate surface area is 135 Å². The highest BCUT2D eigenvalue weighted by Crippen LogP contribution is 2.60. The summed E-state index contributed by atoms with van der Waals surface area (Å²) >= 11 is 0. The number of piperidine rings is 1.